The first-order valence-electron chi connectivity index (χ1n) is 12.8. The molecule has 2 aliphatic heterocycles. The molecule has 0 aliphatic carbocycles. The average Bonchev–Trinajstić information content (AvgIpc) is 3.20. The Hall–Kier alpha value is -3.08. The maximum Gasteiger partial charge on any atom is 0.294 e. The van der Waals surface area contributed by atoms with Crippen LogP contribution >= 0.6 is 43.6 Å². The van der Waals surface area contributed by atoms with Crippen LogP contribution in [0.25, 0.3) is 6.08 Å². The minimum atomic E-state index is -0.460. The Morgan fingerprint density at radius 3 is 2.33 bits per heavy atom. The van der Waals surface area contributed by atoms with Crippen molar-refractivity contribution < 1.29 is 19.1 Å². The first-order chi connectivity index (χ1) is 19.3. The van der Waals surface area contributed by atoms with Gasteiger partial charge in [-0.3, -0.25) is 19.3 Å². The number of hydrogen-bond acceptors (Lipinski definition) is 6. The number of piperazine rings is 1. The predicted molar refractivity (Wildman–Crippen MR) is 165 cm³/mol. The highest BCUT2D eigenvalue weighted by atomic mass is 79.9. The van der Waals surface area contributed by atoms with Crippen LogP contribution in [0, 0.1) is 6.92 Å². The molecule has 0 atom stereocenters. The molecule has 3 amide bonds. The molecule has 2 aliphatic rings. The lowest BCUT2D eigenvalue weighted by Gasteiger charge is -2.36. The minimum absolute atomic E-state index is 0.225. The van der Waals surface area contributed by atoms with Gasteiger partial charge in [-0.05, 0) is 92.0 Å². The molecule has 0 unspecified atom stereocenters. The van der Waals surface area contributed by atoms with Gasteiger partial charge in [0.15, 0.2) is 0 Å². The molecule has 0 bridgehead atoms. The van der Waals surface area contributed by atoms with Crippen LogP contribution < -0.4 is 9.64 Å². The van der Waals surface area contributed by atoms with Gasteiger partial charge in [0.1, 0.15) is 18.9 Å². The number of nitrogens with zero attached hydrogens (tertiary/aromatic N) is 3. The van der Waals surface area contributed by atoms with Gasteiger partial charge >= 0.3 is 0 Å². The zero-order valence-electron chi connectivity index (χ0n) is 21.8. The number of ether oxygens (including phenoxy) is 1. The number of halogens is 2. The second-order valence-electron chi connectivity index (χ2n) is 9.56. The van der Waals surface area contributed by atoms with E-state index in [1.165, 1.54) is 0 Å². The van der Waals surface area contributed by atoms with Crippen LogP contribution in [0.4, 0.5) is 10.5 Å². The number of rotatable bonds is 7. The number of imide groups is 1. The van der Waals surface area contributed by atoms with E-state index in [1.807, 2.05) is 67.6 Å². The summed E-state index contributed by atoms with van der Waals surface area (Å²) in [7, 11) is 0. The quantitative estimate of drug-likeness (QED) is 0.265. The number of carbonyl (C=O) groups excluding carboxylic acids is 3. The monoisotopic (exact) mass is 683 g/mol. The summed E-state index contributed by atoms with van der Waals surface area (Å²) in [6.07, 6.45) is 1.66. The molecule has 7 nitrogen and oxygen atoms in total. The number of para-hydroxylation sites is 1. The summed E-state index contributed by atoms with van der Waals surface area (Å²) in [5.41, 5.74) is 4.06. The van der Waals surface area contributed by atoms with Gasteiger partial charge in [0.25, 0.3) is 11.1 Å². The zero-order valence-corrected chi connectivity index (χ0v) is 25.8. The lowest BCUT2D eigenvalue weighted by molar-refractivity contribution is -0.136. The first kappa shape index (κ1) is 28.4. The van der Waals surface area contributed by atoms with E-state index in [0.29, 0.717) is 47.5 Å². The summed E-state index contributed by atoms with van der Waals surface area (Å²) in [6.45, 7) is 4.67. The predicted octanol–water partition coefficient (Wildman–Crippen LogP) is 6.48. The molecular weight excluding hydrogens is 658 g/mol. The number of hydrogen-bond donors (Lipinski definition) is 0. The first-order valence-corrected chi connectivity index (χ1v) is 15.2. The van der Waals surface area contributed by atoms with Crippen molar-refractivity contribution in [3.8, 4) is 5.75 Å². The van der Waals surface area contributed by atoms with Gasteiger partial charge in [-0.1, -0.05) is 48.0 Å². The molecule has 0 aromatic heterocycles. The lowest BCUT2D eigenvalue weighted by atomic mass is 10.1. The van der Waals surface area contributed by atoms with Crippen molar-refractivity contribution in [3.63, 3.8) is 0 Å². The molecule has 40 heavy (non-hydrogen) atoms. The second-order valence-corrected chi connectivity index (χ2v) is 12.3. The smallest absolute Gasteiger partial charge is 0.294 e. The summed E-state index contributed by atoms with van der Waals surface area (Å²) in [5, 5.41) is -0.441. The van der Waals surface area contributed by atoms with Gasteiger partial charge in [-0.25, -0.2) is 0 Å². The number of benzene rings is 3. The van der Waals surface area contributed by atoms with Crippen molar-refractivity contribution in [1.29, 1.82) is 0 Å². The highest BCUT2D eigenvalue weighted by Gasteiger charge is 2.37. The summed E-state index contributed by atoms with van der Waals surface area (Å²) >= 11 is 7.97. The maximum absolute atomic E-state index is 13.1. The number of carbonyl (C=O) groups is 3. The number of amides is 3. The molecule has 0 N–H and O–H groups in total. The van der Waals surface area contributed by atoms with Gasteiger partial charge in [0, 0.05) is 31.9 Å². The van der Waals surface area contributed by atoms with Gasteiger partial charge in [-0.2, -0.15) is 0 Å². The van der Waals surface area contributed by atoms with E-state index in [-0.39, 0.29) is 17.4 Å². The molecule has 2 fully saturated rings. The van der Waals surface area contributed by atoms with Crippen molar-refractivity contribution in [3.05, 3.63) is 97.3 Å². The van der Waals surface area contributed by atoms with E-state index in [9.17, 15) is 14.4 Å². The molecule has 10 heteroatoms. The Balaban J connectivity index is 1.20. The van der Waals surface area contributed by atoms with Crippen LogP contribution in [0.2, 0.25) is 0 Å². The van der Waals surface area contributed by atoms with E-state index in [1.54, 1.807) is 11.0 Å². The third-order valence-corrected chi connectivity index (χ3v) is 8.79. The normalized spacial score (nSPS) is 16.7. The SMILES string of the molecule is Cc1cccc(COc2c(Br)cc(/C=C3/SC(=O)N(CC(=O)N4CCN(c5ccccc5)CC4)C3=O)cc2Br)c1. The molecule has 0 radical (unpaired) electrons. The molecule has 206 valence electrons. The van der Waals surface area contributed by atoms with E-state index < -0.39 is 11.1 Å². The number of aryl methyl sites for hydroxylation is 1. The maximum atomic E-state index is 13.1. The molecule has 2 heterocycles. The van der Waals surface area contributed by atoms with Gasteiger partial charge in [0.05, 0.1) is 13.9 Å². The van der Waals surface area contributed by atoms with Gasteiger partial charge in [-0.15, -0.1) is 0 Å². The van der Waals surface area contributed by atoms with Crippen LogP contribution in [-0.2, 0) is 16.2 Å². The topological polar surface area (TPSA) is 70.2 Å². The van der Waals surface area contributed by atoms with E-state index >= 15 is 0 Å². The third-order valence-electron chi connectivity index (χ3n) is 6.70. The van der Waals surface area contributed by atoms with Crippen LogP contribution in [0.1, 0.15) is 16.7 Å². The standard InChI is InChI=1S/C30H27Br2N3O4S/c1-20-6-5-7-21(14-20)19-39-28-24(31)15-22(16-25(28)32)17-26-29(37)35(30(38)40-26)18-27(36)34-12-10-33(11-13-34)23-8-3-2-4-9-23/h2-9,14-17H,10-13,18-19H2,1H3/b26-17+. The van der Waals surface area contributed by atoms with Gasteiger partial charge < -0.3 is 14.5 Å². The van der Waals surface area contributed by atoms with Crippen molar-refractivity contribution in [2.75, 3.05) is 37.6 Å². The molecule has 5 rings (SSSR count). The summed E-state index contributed by atoms with van der Waals surface area (Å²) in [4.78, 5) is 44.0. The van der Waals surface area contributed by atoms with Crippen LogP contribution in [0.5, 0.6) is 5.75 Å². The lowest BCUT2D eigenvalue weighted by Crippen LogP contribution is -2.51. The molecule has 3 aromatic carbocycles. The highest BCUT2D eigenvalue weighted by Crippen LogP contribution is 2.38. The molecular formula is C30H27Br2N3O4S. The van der Waals surface area contributed by atoms with Crippen molar-refractivity contribution in [2.45, 2.75) is 13.5 Å². The van der Waals surface area contributed by atoms with E-state index in [4.69, 9.17) is 4.74 Å². The molecule has 0 spiro atoms. The molecule has 2 saturated heterocycles. The van der Waals surface area contributed by atoms with Crippen molar-refractivity contribution >= 4 is 72.4 Å². The summed E-state index contributed by atoms with van der Waals surface area (Å²) < 4.78 is 7.45. The Labute approximate surface area is 254 Å². The van der Waals surface area contributed by atoms with Gasteiger partial charge in [0.2, 0.25) is 5.91 Å². The Kier molecular flexibility index (Phi) is 8.97. The largest absolute Gasteiger partial charge is 0.487 e. The fourth-order valence-electron chi connectivity index (χ4n) is 4.63. The summed E-state index contributed by atoms with van der Waals surface area (Å²) in [5.74, 6) is -0.0418. The fraction of sp³-hybridized carbons (Fsp3) is 0.233. The van der Waals surface area contributed by atoms with Crippen molar-refractivity contribution in [2.24, 2.45) is 0 Å². The fourth-order valence-corrected chi connectivity index (χ4v) is 6.92. The average molecular weight is 685 g/mol. The Morgan fingerprint density at radius 2 is 1.65 bits per heavy atom. The summed E-state index contributed by atoms with van der Waals surface area (Å²) in [6, 6.07) is 21.8. The van der Waals surface area contributed by atoms with Crippen LogP contribution in [-0.4, -0.2) is 59.6 Å². The number of anilines is 1. The zero-order chi connectivity index (χ0) is 28.2. The Bertz CT molecular complexity index is 1450. The van der Waals surface area contributed by atoms with Crippen molar-refractivity contribution in [1.82, 2.24) is 9.80 Å². The number of thioether (sulfide) groups is 1. The third kappa shape index (κ3) is 6.62. The molecule has 3 aromatic rings. The van der Waals surface area contributed by atoms with E-state index in [0.717, 1.165) is 39.0 Å². The minimum Gasteiger partial charge on any atom is -0.487 e. The van der Waals surface area contributed by atoms with Crippen LogP contribution in [0.3, 0.4) is 0 Å². The van der Waals surface area contributed by atoms with Crippen LogP contribution in [0.15, 0.2) is 80.6 Å². The van der Waals surface area contributed by atoms with E-state index in [2.05, 4.69) is 42.8 Å². The Morgan fingerprint density at radius 1 is 0.950 bits per heavy atom. The highest BCUT2D eigenvalue weighted by molar-refractivity contribution is 9.11. The molecule has 0 saturated carbocycles. The second kappa shape index (κ2) is 12.6.